The van der Waals surface area contributed by atoms with E-state index in [1.807, 2.05) is 0 Å². The summed E-state index contributed by atoms with van der Waals surface area (Å²) in [5, 5.41) is 10.8. The Morgan fingerprint density at radius 2 is 2.15 bits per heavy atom. The van der Waals surface area contributed by atoms with Crippen molar-refractivity contribution >= 4 is 29.6 Å². The Balaban J connectivity index is 2.40. The minimum absolute atomic E-state index is 0.0471. The second-order valence-corrected chi connectivity index (χ2v) is 4.71. The lowest BCUT2D eigenvalue weighted by molar-refractivity contribution is -0.384. The lowest BCUT2D eigenvalue weighted by Crippen LogP contribution is -2.09. The smallest absolute Gasteiger partial charge is 0.270 e. The van der Waals surface area contributed by atoms with Crippen molar-refractivity contribution in [2.24, 2.45) is 0 Å². The Bertz CT molecular complexity index is 743. The van der Waals surface area contributed by atoms with E-state index >= 15 is 0 Å². The Kier molecular flexibility index (Phi) is 3.80. The van der Waals surface area contributed by atoms with Gasteiger partial charge in [0, 0.05) is 28.7 Å². The number of anilines is 1. The van der Waals surface area contributed by atoms with Crippen LogP contribution >= 0.6 is 11.8 Å². The Morgan fingerprint density at radius 1 is 1.40 bits per heavy atom. The van der Waals surface area contributed by atoms with E-state index in [1.165, 1.54) is 12.1 Å². The molecule has 0 unspecified atom stereocenters. The van der Waals surface area contributed by atoms with Gasteiger partial charge in [0.05, 0.1) is 4.92 Å². The van der Waals surface area contributed by atoms with Crippen molar-refractivity contribution in [3.8, 4) is 0 Å². The first-order valence-electron chi connectivity index (χ1n) is 5.28. The van der Waals surface area contributed by atoms with Crippen molar-refractivity contribution in [1.82, 2.24) is 9.97 Å². The molecule has 9 heteroatoms. The van der Waals surface area contributed by atoms with Crippen molar-refractivity contribution in [3.05, 3.63) is 50.3 Å². The van der Waals surface area contributed by atoms with Gasteiger partial charge in [-0.1, -0.05) is 11.8 Å². The molecule has 102 valence electrons. The maximum Gasteiger partial charge on any atom is 0.270 e. The predicted molar refractivity (Wildman–Crippen MR) is 71.9 cm³/mol. The third kappa shape index (κ3) is 3.01. The quantitative estimate of drug-likeness (QED) is 0.374. The van der Waals surface area contributed by atoms with Crippen LogP contribution in [0.25, 0.3) is 0 Å². The van der Waals surface area contributed by atoms with Crippen molar-refractivity contribution in [3.63, 3.8) is 0 Å². The third-order valence-corrected chi connectivity index (χ3v) is 3.26. The van der Waals surface area contributed by atoms with E-state index in [0.29, 0.717) is 11.2 Å². The molecule has 8 nitrogen and oxygen atoms in total. The number of nitrogens with two attached hydrogens (primary N) is 1. The number of carbonyl (C=O) groups is 1. The molecule has 0 bridgehead atoms. The molecule has 0 aliphatic carbocycles. The standard InChI is InChI=1S/C11H8N4O4S/c12-9-4-10(17)14-11(13-9)20-8-2-1-7(15(18)19)3-6(8)5-16/h1-5H,(H3,12,13,14,17). The van der Waals surface area contributed by atoms with E-state index in [0.717, 1.165) is 23.9 Å². The highest BCUT2D eigenvalue weighted by Gasteiger charge is 2.12. The minimum Gasteiger partial charge on any atom is -0.383 e. The molecule has 0 spiro atoms. The molecule has 0 saturated heterocycles. The fourth-order valence-electron chi connectivity index (χ4n) is 1.44. The Hall–Kier alpha value is -2.68. The summed E-state index contributed by atoms with van der Waals surface area (Å²) in [7, 11) is 0. The average Bonchev–Trinajstić information content (AvgIpc) is 2.37. The van der Waals surface area contributed by atoms with Crippen molar-refractivity contribution in [2.45, 2.75) is 10.1 Å². The molecule has 1 heterocycles. The molecule has 0 fully saturated rings. The van der Waals surface area contributed by atoms with Crippen LogP contribution in [0.3, 0.4) is 0 Å². The van der Waals surface area contributed by atoms with Gasteiger partial charge in [-0.25, -0.2) is 4.98 Å². The summed E-state index contributed by atoms with van der Waals surface area (Å²) < 4.78 is 0. The van der Waals surface area contributed by atoms with Gasteiger partial charge in [0.2, 0.25) is 0 Å². The monoisotopic (exact) mass is 292 g/mol. The number of H-pyrrole nitrogens is 1. The lowest BCUT2D eigenvalue weighted by Gasteiger charge is -2.04. The Morgan fingerprint density at radius 3 is 2.75 bits per heavy atom. The number of aldehydes is 1. The highest BCUT2D eigenvalue weighted by Crippen LogP contribution is 2.29. The van der Waals surface area contributed by atoms with E-state index in [4.69, 9.17) is 5.73 Å². The summed E-state index contributed by atoms with van der Waals surface area (Å²) in [4.78, 5) is 39.0. The van der Waals surface area contributed by atoms with Crippen LogP contribution in [0, 0.1) is 10.1 Å². The zero-order chi connectivity index (χ0) is 14.7. The molecule has 0 aliphatic heterocycles. The number of nitrogens with one attached hydrogen (secondary N) is 1. The highest BCUT2D eigenvalue weighted by atomic mass is 32.2. The van der Waals surface area contributed by atoms with Gasteiger partial charge in [-0.2, -0.15) is 0 Å². The van der Waals surface area contributed by atoms with E-state index in [2.05, 4.69) is 9.97 Å². The summed E-state index contributed by atoms with van der Waals surface area (Å²) in [6.07, 6.45) is 0.500. The van der Waals surface area contributed by atoms with Crippen molar-refractivity contribution in [2.75, 3.05) is 5.73 Å². The van der Waals surface area contributed by atoms with Gasteiger partial charge in [0.1, 0.15) is 5.82 Å². The zero-order valence-electron chi connectivity index (χ0n) is 9.90. The Labute approximate surface area is 116 Å². The van der Waals surface area contributed by atoms with Crippen LogP contribution in [-0.2, 0) is 0 Å². The van der Waals surface area contributed by atoms with Gasteiger partial charge in [0.25, 0.3) is 11.2 Å². The molecule has 2 aromatic rings. The molecule has 0 amide bonds. The van der Waals surface area contributed by atoms with Gasteiger partial charge in [-0.05, 0) is 6.07 Å². The summed E-state index contributed by atoms with van der Waals surface area (Å²) in [6.45, 7) is 0. The number of aromatic amines is 1. The molecular weight excluding hydrogens is 284 g/mol. The molecule has 0 radical (unpaired) electrons. The minimum atomic E-state index is -0.595. The normalized spacial score (nSPS) is 10.2. The molecule has 0 aliphatic rings. The van der Waals surface area contributed by atoms with Crippen molar-refractivity contribution in [1.29, 1.82) is 0 Å². The summed E-state index contributed by atoms with van der Waals surface area (Å²) in [6, 6.07) is 4.95. The largest absolute Gasteiger partial charge is 0.383 e. The topological polar surface area (TPSA) is 132 Å². The van der Waals surface area contributed by atoms with Crippen LogP contribution in [0.2, 0.25) is 0 Å². The van der Waals surface area contributed by atoms with Gasteiger partial charge < -0.3 is 10.7 Å². The summed E-state index contributed by atoms with van der Waals surface area (Å²) in [5.74, 6) is 0.0471. The molecule has 20 heavy (non-hydrogen) atoms. The molecule has 1 aromatic carbocycles. The van der Waals surface area contributed by atoms with Crippen LogP contribution < -0.4 is 11.3 Å². The number of hydrogen-bond acceptors (Lipinski definition) is 7. The number of nitro benzene ring substituents is 1. The second kappa shape index (κ2) is 5.53. The summed E-state index contributed by atoms with van der Waals surface area (Å²) in [5.41, 5.74) is 4.97. The lowest BCUT2D eigenvalue weighted by atomic mass is 10.2. The fraction of sp³-hybridized carbons (Fsp3) is 0. The second-order valence-electron chi connectivity index (χ2n) is 3.67. The first-order valence-corrected chi connectivity index (χ1v) is 6.09. The average molecular weight is 292 g/mol. The molecule has 1 aromatic heterocycles. The maximum absolute atomic E-state index is 11.3. The molecule has 3 N–H and O–H groups in total. The van der Waals surface area contributed by atoms with E-state index in [9.17, 15) is 19.7 Å². The predicted octanol–water partition coefficient (Wildman–Crippen LogP) is 1.22. The van der Waals surface area contributed by atoms with Crippen LogP contribution in [0.4, 0.5) is 11.5 Å². The van der Waals surface area contributed by atoms with Crippen LogP contribution in [0.15, 0.2) is 39.1 Å². The number of carbonyl (C=O) groups excluding carboxylic acids is 1. The molecule has 2 rings (SSSR count). The number of rotatable bonds is 4. The van der Waals surface area contributed by atoms with E-state index < -0.39 is 10.5 Å². The zero-order valence-corrected chi connectivity index (χ0v) is 10.7. The SMILES string of the molecule is Nc1cc(=O)[nH]c(Sc2ccc([N+](=O)[O-])cc2C=O)n1. The number of nitrogen functional groups attached to an aromatic ring is 1. The fourth-order valence-corrected chi connectivity index (χ4v) is 2.31. The number of non-ortho nitro benzene ring substituents is 1. The van der Waals surface area contributed by atoms with E-state index in [1.54, 1.807) is 0 Å². The number of nitrogens with zero attached hydrogens (tertiary/aromatic N) is 2. The molecule has 0 saturated carbocycles. The first-order chi connectivity index (χ1) is 9.49. The highest BCUT2D eigenvalue weighted by molar-refractivity contribution is 7.99. The molecular formula is C11H8N4O4S. The van der Waals surface area contributed by atoms with Gasteiger partial charge in [-0.15, -0.1) is 0 Å². The van der Waals surface area contributed by atoms with Gasteiger partial charge in [-0.3, -0.25) is 19.7 Å². The van der Waals surface area contributed by atoms with Crippen LogP contribution in [-0.4, -0.2) is 21.2 Å². The number of benzene rings is 1. The van der Waals surface area contributed by atoms with Gasteiger partial charge in [0.15, 0.2) is 11.4 Å². The van der Waals surface area contributed by atoms with E-state index in [-0.39, 0.29) is 22.2 Å². The third-order valence-electron chi connectivity index (χ3n) is 2.28. The first kappa shape index (κ1) is 13.7. The van der Waals surface area contributed by atoms with Crippen LogP contribution in [0.5, 0.6) is 0 Å². The van der Waals surface area contributed by atoms with Crippen molar-refractivity contribution < 1.29 is 9.72 Å². The number of hydrogen-bond donors (Lipinski definition) is 2. The molecule has 0 atom stereocenters. The number of aromatic nitrogens is 2. The van der Waals surface area contributed by atoms with Crippen LogP contribution in [0.1, 0.15) is 10.4 Å². The number of nitro groups is 1. The maximum atomic E-state index is 11.3. The van der Waals surface area contributed by atoms with Gasteiger partial charge >= 0.3 is 0 Å². The summed E-state index contributed by atoms with van der Waals surface area (Å²) >= 11 is 0.987.